The minimum absolute atomic E-state index is 0.104. The number of imidazole rings is 1. The van der Waals surface area contributed by atoms with Crippen LogP contribution < -0.4 is 0 Å². The Morgan fingerprint density at radius 3 is 2.95 bits per heavy atom. The van der Waals surface area contributed by atoms with Gasteiger partial charge in [-0.2, -0.15) is 0 Å². The molecule has 1 fully saturated rings. The van der Waals surface area contributed by atoms with Crippen LogP contribution in [0.3, 0.4) is 0 Å². The summed E-state index contributed by atoms with van der Waals surface area (Å²) < 4.78 is 26.2. The summed E-state index contributed by atoms with van der Waals surface area (Å²) in [6.45, 7) is 1.32. The lowest BCUT2D eigenvalue weighted by molar-refractivity contribution is -0.0589. The average molecular weight is 313 g/mol. The van der Waals surface area contributed by atoms with Crippen LogP contribution in [0.1, 0.15) is 22.6 Å². The van der Waals surface area contributed by atoms with Crippen molar-refractivity contribution < 1.29 is 18.7 Å². The van der Waals surface area contributed by atoms with Crippen molar-refractivity contribution in [3.8, 4) is 0 Å². The number of methoxy groups -OCH3 is 1. The second-order valence-electron chi connectivity index (χ2n) is 4.84. The van der Waals surface area contributed by atoms with Crippen molar-refractivity contribution in [3.63, 3.8) is 0 Å². The molecule has 0 bridgehead atoms. The summed E-state index contributed by atoms with van der Waals surface area (Å²) in [5.74, 6) is -0.685. The number of esters is 1. The number of aromatic nitrogens is 2. The molecule has 0 amide bonds. The van der Waals surface area contributed by atoms with Gasteiger partial charge in [0.15, 0.2) is 5.82 Å². The Morgan fingerprint density at radius 2 is 2.38 bits per heavy atom. The smallest absolute Gasteiger partial charge is 0.340 e. The monoisotopic (exact) mass is 312 g/mol. The number of nitrogens with zero attached hydrogens (tertiary/aromatic N) is 2. The second-order valence-corrected chi connectivity index (χ2v) is 5.11. The van der Waals surface area contributed by atoms with E-state index in [-0.39, 0.29) is 23.1 Å². The maximum Gasteiger partial charge on any atom is 0.340 e. The number of ether oxygens (including phenoxy) is 2. The molecule has 0 unspecified atom stereocenters. The number of carbonyl (C=O) groups excluding carboxylic acids is 1. The van der Waals surface area contributed by atoms with E-state index in [1.165, 1.54) is 13.2 Å². The highest BCUT2D eigenvalue weighted by atomic mass is 35.5. The standard InChI is InChI=1S/C14H14ClFN2O3/c1-20-14(19)9-2-3-10-13(12(9)16)17-11(6-15)18(10)7-8-4-5-21-8/h2-3,8H,4-7H2,1H3/t8-/m0/s1. The number of hydrogen-bond acceptors (Lipinski definition) is 4. The summed E-state index contributed by atoms with van der Waals surface area (Å²) in [7, 11) is 1.21. The highest BCUT2D eigenvalue weighted by Crippen LogP contribution is 2.25. The van der Waals surface area contributed by atoms with E-state index >= 15 is 0 Å². The zero-order valence-electron chi connectivity index (χ0n) is 11.4. The quantitative estimate of drug-likeness (QED) is 0.643. The summed E-state index contributed by atoms with van der Waals surface area (Å²) >= 11 is 5.89. The van der Waals surface area contributed by atoms with E-state index < -0.39 is 11.8 Å². The lowest BCUT2D eigenvalue weighted by Crippen LogP contribution is -2.31. The van der Waals surface area contributed by atoms with Crippen molar-refractivity contribution in [2.75, 3.05) is 13.7 Å². The lowest BCUT2D eigenvalue weighted by atomic mass is 10.1. The highest BCUT2D eigenvalue weighted by Gasteiger charge is 2.24. The fourth-order valence-electron chi connectivity index (χ4n) is 2.41. The van der Waals surface area contributed by atoms with Gasteiger partial charge >= 0.3 is 5.97 Å². The van der Waals surface area contributed by atoms with Crippen molar-refractivity contribution in [2.45, 2.75) is 24.9 Å². The summed E-state index contributed by atoms with van der Waals surface area (Å²) in [5, 5.41) is 0. The van der Waals surface area contributed by atoms with Gasteiger partial charge in [-0.15, -0.1) is 11.6 Å². The van der Waals surface area contributed by atoms with Crippen molar-refractivity contribution in [3.05, 3.63) is 29.3 Å². The molecular weight excluding hydrogens is 299 g/mol. The molecule has 1 atom stereocenters. The predicted octanol–water partition coefficient (Wildman–Crippen LogP) is 2.49. The van der Waals surface area contributed by atoms with E-state index in [1.54, 1.807) is 6.07 Å². The van der Waals surface area contributed by atoms with Gasteiger partial charge in [-0.1, -0.05) is 0 Å². The summed E-state index contributed by atoms with van der Waals surface area (Å²) in [4.78, 5) is 15.7. The second kappa shape index (κ2) is 5.61. The first-order valence-electron chi connectivity index (χ1n) is 6.59. The minimum atomic E-state index is -0.723. The van der Waals surface area contributed by atoms with Gasteiger partial charge < -0.3 is 14.0 Å². The Kier molecular flexibility index (Phi) is 3.82. The van der Waals surface area contributed by atoms with Gasteiger partial charge in [0.05, 0.1) is 36.7 Å². The molecule has 1 aliphatic heterocycles. The van der Waals surface area contributed by atoms with Crippen molar-refractivity contribution in [2.24, 2.45) is 0 Å². The first-order valence-corrected chi connectivity index (χ1v) is 7.12. The highest BCUT2D eigenvalue weighted by molar-refractivity contribution is 6.16. The Hall–Kier alpha value is -1.66. The van der Waals surface area contributed by atoms with Crippen molar-refractivity contribution in [1.82, 2.24) is 9.55 Å². The maximum atomic E-state index is 14.4. The molecule has 5 nitrogen and oxygen atoms in total. The van der Waals surface area contributed by atoms with Crippen LogP contribution in [0.2, 0.25) is 0 Å². The number of benzene rings is 1. The Balaban J connectivity index is 2.10. The number of alkyl halides is 1. The molecule has 2 aromatic rings. The molecule has 1 aromatic heterocycles. The van der Waals surface area contributed by atoms with E-state index in [9.17, 15) is 9.18 Å². The van der Waals surface area contributed by atoms with E-state index in [0.29, 0.717) is 17.9 Å². The van der Waals surface area contributed by atoms with Crippen LogP contribution in [0.4, 0.5) is 4.39 Å². The molecule has 7 heteroatoms. The molecule has 2 heterocycles. The lowest BCUT2D eigenvalue weighted by Gasteiger charge is -2.27. The summed E-state index contributed by atoms with van der Waals surface area (Å²) in [6, 6.07) is 3.06. The van der Waals surface area contributed by atoms with Gasteiger partial charge in [0, 0.05) is 6.61 Å². The topological polar surface area (TPSA) is 53.3 Å². The molecule has 3 rings (SSSR count). The van der Waals surface area contributed by atoms with E-state index in [0.717, 1.165) is 13.0 Å². The molecular formula is C14H14ClFN2O3. The maximum absolute atomic E-state index is 14.4. The molecule has 0 spiro atoms. The van der Waals surface area contributed by atoms with Crippen molar-refractivity contribution in [1.29, 1.82) is 0 Å². The van der Waals surface area contributed by atoms with Crippen LogP contribution in [0.25, 0.3) is 11.0 Å². The molecule has 0 radical (unpaired) electrons. The molecule has 21 heavy (non-hydrogen) atoms. The molecule has 0 saturated carbocycles. The van der Waals surface area contributed by atoms with E-state index in [1.807, 2.05) is 4.57 Å². The average Bonchev–Trinajstić information content (AvgIpc) is 2.81. The van der Waals surface area contributed by atoms with Gasteiger partial charge in [0.2, 0.25) is 0 Å². The number of rotatable bonds is 4. The Morgan fingerprint density at radius 1 is 1.62 bits per heavy atom. The van der Waals surface area contributed by atoms with E-state index in [2.05, 4.69) is 9.72 Å². The zero-order chi connectivity index (χ0) is 15.0. The van der Waals surface area contributed by atoms with Crippen LogP contribution in [0.15, 0.2) is 12.1 Å². The van der Waals surface area contributed by atoms with Crippen LogP contribution in [-0.4, -0.2) is 35.3 Å². The van der Waals surface area contributed by atoms with Gasteiger partial charge in [0.25, 0.3) is 0 Å². The molecule has 112 valence electrons. The largest absolute Gasteiger partial charge is 0.465 e. The minimum Gasteiger partial charge on any atom is -0.465 e. The van der Waals surface area contributed by atoms with Crippen LogP contribution in [0.5, 0.6) is 0 Å². The summed E-state index contributed by atoms with van der Waals surface area (Å²) in [6.07, 6.45) is 1.07. The normalized spacial score (nSPS) is 17.8. The summed E-state index contributed by atoms with van der Waals surface area (Å²) in [5.41, 5.74) is 0.606. The fourth-order valence-corrected chi connectivity index (χ4v) is 2.62. The van der Waals surface area contributed by atoms with E-state index in [4.69, 9.17) is 16.3 Å². The zero-order valence-corrected chi connectivity index (χ0v) is 12.2. The first kappa shape index (κ1) is 14.3. The SMILES string of the molecule is COC(=O)c1ccc2c(nc(CCl)n2C[C@@H]2CCO2)c1F. The van der Waals surface area contributed by atoms with Gasteiger partial charge in [0.1, 0.15) is 11.3 Å². The number of carbonyl (C=O) groups is 1. The van der Waals surface area contributed by atoms with Gasteiger partial charge in [-0.25, -0.2) is 14.2 Å². The Labute approximate surface area is 125 Å². The third-order valence-corrected chi connectivity index (χ3v) is 3.88. The van der Waals surface area contributed by atoms with Crippen molar-refractivity contribution >= 4 is 28.6 Å². The molecule has 1 aliphatic rings. The fraction of sp³-hybridized carbons (Fsp3) is 0.429. The molecule has 1 aromatic carbocycles. The predicted molar refractivity (Wildman–Crippen MR) is 74.9 cm³/mol. The third kappa shape index (κ3) is 2.38. The van der Waals surface area contributed by atoms with Gasteiger partial charge in [-0.05, 0) is 18.6 Å². The van der Waals surface area contributed by atoms with Crippen LogP contribution in [-0.2, 0) is 21.9 Å². The third-order valence-electron chi connectivity index (χ3n) is 3.64. The molecule has 1 saturated heterocycles. The number of fused-ring (bicyclic) bond motifs is 1. The van der Waals surface area contributed by atoms with Gasteiger partial charge in [-0.3, -0.25) is 0 Å². The molecule has 0 aliphatic carbocycles. The van der Waals surface area contributed by atoms with Crippen LogP contribution >= 0.6 is 11.6 Å². The molecule has 0 N–H and O–H groups in total. The van der Waals surface area contributed by atoms with Crippen LogP contribution in [0, 0.1) is 5.82 Å². The number of halogens is 2. The number of hydrogen-bond donors (Lipinski definition) is 0. The Bertz CT molecular complexity index is 697. The first-order chi connectivity index (χ1) is 10.2.